The molecule has 1 aromatic carbocycles. The average molecular weight is 295 g/mol. The van der Waals surface area contributed by atoms with Crippen LogP contribution in [-0.2, 0) is 0 Å². The summed E-state index contributed by atoms with van der Waals surface area (Å²) in [6, 6.07) is 5.49. The van der Waals surface area contributed by atoms with E-state index in [0.29, 0.717) is 6.54 Å². The third-order valence-corrected chi connectivity index (χ3v) is 5.65. The molecule has 2 N–H and O–H groups in total. The second-order valence-electron chi connectivity index (χ2n) is 6.01. The van der Waals surface area contributed by atoms with E-state index in [0.717, 1.165) is 48.3 Å². The van der Waals surface area contributed by atoms with Gasteiger partial charge in [0.25, 0.3) is 0 Å². The molecule has 3 rings (SSSR count). The number of thioether (sulfide) groups is 1. The van der Waals surface area contributed by atoms with Crippen LogP contribution in [0.1, 0.15) is 50.1 Å². The number of nitrogens with one attached hydrogen (secondary N) is 1. The van der Waals surface area contributed by atoms with Gasteiger partial charge in [0.15, 0.2) is 0 Å². The monoisotopic (exact) mass is 295 g/mol. The molecule has 4 heteroatoms. The summed E-state index contributed by atoms with van der Waals surface area (Å²) < 4.78 is 13.8. The minimum Gasteiger partial charge on any atom is -0.389 e. The predicted molar refractivity (Wildman–Crippen MR) is 80.5 cm³/mol. The first-order valence-electron chi connectivity index (χ1n) is 7.55. The van der Waals surface area contributed by atoms with Gasteiger partial charge in [-0.1, -0.05) is 31.4 Å². The summed E-state index contributed by atoms with van der Waals surface area (Å²) in [5.74, 6) is 0.819. The zero-order valence-electron chi connectivity index (χ0n) is 11.7. The molecular formula is C16H22FNOS. The molecule has 2 aliphatic rings. The maximum absolute atomic E-state index is 13.8. The highest BCUT2D eigenvalue weighted by molar-refractivity contribution is 7.99. The fraction of sp³-hybridized carbons (Fsp3) is 0.625. The summed E-state index contributed by atoms with van der Waals surface area (Å²) in [4.78, 5) is 0.784. The summed E-state index contributed by atoms with van der Waals surface area (Å²) in [5.41, 5.74) is 0.497. The van der Waals surface area contributed by atoms with Gasteiger partial charge in [-0.2, -0.15) is 0 Å². The highest BCUT2D eigenvalue weighted by Gasteiger charge is 2.31. The Morgan fingerprint density at radius 3 is 2.90 bits per heavy atom. The van der Waals surface area contributed by atoms with E-state index in [1.54, 1.807) is 17.8 Å². The van der Waals surface area contributed by atoms with Gasteiger partial charge in [0.1, 0.15) is 5.82 Å². The van der Waals surface area contributed by atoms with Crippen molar-refractivity contribution in [2.24, 2.45) is 0 Å². The van der Waals surface area contributed by atoms with Crippen molar-refractivity contribution in [3.05, 3.63) is 29.6 Å². The van der Waals surface area contributed by atoms with Crippen molar-refractivity contribution >= 4 is 11.8 Å². The quantitative estimate of drug-likeness (QED) is 0.893. The lowest BCUT2D eigenvalue weighted by molar-refractivity contribution is 0.00240. The van der Waals surface area contributed by atoms with Gasteiger partial charge in [-0.15, -0.1) is 11.8 Å². The molecule has 0 aromatic heterocycles. The van der Waals surface area contributed by atoms with E-state index in [1.807, 2.05) is 6.07 Å². The Morgan fingerprint density at radius 2 is 2.10 bits per heavy atom. The van der Waals surface area contributed by atoms with E-state index in [-0.39, 0.29) is 11.9 Å². The lowest BCUT2D eigenvalue weighted by atomic mass is 9.84. The Balaban J connectivity index is 1.69. The number of hydrogen-bond acceptors (Lipinski definition) is 3. The molecular weight excluding hydrogens is 273 g/mol. The fourth-order valence-corrected chi connectivity index (χ4v) is 4.44. The average Bonchev–Trinajstić information content (AvgIpc) is 2.47. The molecule has 1 aromatic rings. The van der Waals surface area contributed by atoms with E-state index < -0.39 is 5.60 Å². The van der Waals surface area contributed by atoms with Crippen molar-refractivity contribution in [2.75, 3.05) is 12.3 Å². The Bertz CT molecular complexity index is 474. The Hall–Kier alpha value is -0.580. The summed E-state index contributed by atoms with van der Waals surface area (Å²) >= 11 is 1.60. The molecule has 1 atom stereocenters. The van der Waals surface area contributed by atoms with Crippen LogP contribution in [0.3, 0.4) is 0 Å². The fourth-order valence-electron chi connectivity index (χ4n) is 3.30. The number of benzene rings is 1. The largest absolute Gasteiger partial charge is 0.389 e. The summed E-state index contributed by atoms with van der Waals surface area (Å²) in [6.45, 7) is 0.623. The maximum Gasteiger partial charge on any atom is 0.137 e. The topological polar surface area (TPSA) is 32.3 Å². The van der Waals surface area contributed by atoms with Gasteiger partial charge in [0.05, 0.1) is 5.60 Å². The number of fused-ring (bicyclic) bond motifs is 1. The van der Waals surface area contributed by atoms with Gasteiger partial charge in [0, 0.05) is 17.5 Å². The van der Waals surface area contributed by atoms with Crippen molar-refractivity contribution < 1.29 is 9.50 Å². The highest BCUT2D eigenvalue weighted by Crippen LogP contribution is 2.38. The van der Waals surface area contributed by atoms with Crippen LogP contribution in [0.15, 0.2) is 23.1 Å². The molecule has 1 fully saturated rings. The number of rotatable bonds is 3. The minimum atomic E-state index is -0.559. The molecule has 1 aliphatic heterocycles. The Labute approximate surface area is 124 Å². The van der Waals surface area contributed by atoms with Crippen molar-refractivity contribution in [1.29, 1.82) is 0 Å². The highest BCUT2D eigenvalue weighted by atomic mass is 32.2. The molecule has 0 spiro atoms. The number of aliphatic hydroxyl groups is 1. The predicted octanol–water partition coefficient (Wildman–Crippen LogP) is 3.65. The molecule has 2 nitrogen and oxygen atoms in total. The van der Waals surface area contributed by atoms with Gasteiger partial charge in [-0.05, 0) is 36.6 Å². The lowest BCUT2D eigenvalue weighted by Gasteiger charge is -2.35. The second kappa shape index (κ2) is 6.04. The maximum atomic E-state index is 13.8. The van der Waals surface area contributed by atoms with Crippen LogP contribution in [-0.4, -0.2) is 23.0 Å². The first-order chi connectivity index (χ1) is 9.68. The minimum absolute atomic E-state index is 0.115. The van der Waals surface area contributed by atoms with Crippen LogP contribution in [0.5, 0.6) is 0 Å². The number of hydrogen-bond donors (Lipinski definition) is 2. The van der Waals surface area contributed by atoms with E-state index >= 15 is 0 Å². The summed E-state index contributed by atoms with van der Waals surface area (Å²) in [6.07, 6.45) is 6.23. The van der Waals surface area contributed by atoms with Crippen LogP contribution >= 0.6 is 11.8 Å². The van der Waals surface area contributed by atoms with Crippen LogP contribution in [0.4, 0.5) is 4.39 Å². The smallest absolute Gasteiger partial charge is 0.137 e. The zero-order chi connectivity index (χ0) is 14.0. The molecule has 20 heavy (non-hydrogen) atoms. The molecule has 0 bridgehead atoms. The first-order valence-corrected chi connectivity index (χ1v) is 8.53. The van der Waals surface area contributed by atoms with Gasteiger partial charge in [0.2, 0.25) is 0 Å². The SMILES string of the molecule is OC1(CNC2CCSc3c(F)cccc32)CCCCC1. The van der Waals surface area contributed by atoms with Gasteiger partial charge < -0.3 is 10.4 Å². The molecule has 1 saturated carbocycles. The van der Waals surface area contributed by atoms with E-state index in [2.05, 4.69) is 5.32 Å². The van der Waals surface area contributed by atoms with E-state index in [4.69, 9.17) is 0 Å². The molecule has 1 unspecified atom stereocenters. The molecule has 1 heterocycles. The van der Waals surface area contributed by atoms with Crippen molar-refractivity contribution in [2.45, 2.75) is 55.1 Å². The van der Waals surface area contributed by atoms with E-state index in [9.17, 15) is 9.50 Å². The Kier molecular flexibility index (Phi) is 4.34. The molecule has 1 aliphatic carbocycles. The third-order valence-electron chi connectivity index (χ3n) is 4.49. The molecule has 0 radical (unpaired) electrons. The Morgan fingerprint density at radius 1 is 1.30 bits per heavy atom. The normalized spacial score (nSPS) is 25.2. The zero-order valence-corrected chi connectivity index (χ0v) is 12.5. The van der Waals surface area contributed by atoms with E-state index in [1.165, 1.54) is 12.5 Å². The van der Waals surface area contributed by atoms with Crippen LogP contribution in [0.2, 0.25) is 0 Å². The van der Waals surface area contributed by atoms with Crippen molar-refractivity contribution in [3.8, 4) is 0 Å². The van der Waals surface area contributed by atoms with Crippen molar-refractivity contribution in [1.82, 2.24) is 5.32 Å². The molecule has 110 valence electrons. The number of halogens is 1. The second-order valence-corrected chi connectivity index (χ2v) is 7.12. The van der Waals surface area contributed by atoms with Gasteiger partial charge in [-0.3, -0.25) is 0 Å². The van der Waals surface area contributed by atoms with Crippen LogP contribution in [0.25, 0.3) is 0 Å². The molecule has 0 saturated heterocycles. The standard InChI is InChI=1S/C16H22FNOS/c17-13-6-4-5-12-14(7-10-20-15(12)13)18-11-16(19)8-2-1-3-9-16/h4-6,14,18-19H,1-3,7-11H2. The lowest BCUT2D eigenvalue weighted by Crippen LogP contribution is -2.43. The van der Waals surface area contributed by atoms with Crippen LogP contribution in [0, 0.1) is 5.82 Å². The third kappa shape index (κ3) is 3.02. The van der Waals surface area contributed by atoms with Gasteiger partial charge in [-0.25, -0.2) is 4.39 Å². The summed E-state index contributed by atoms with van der Waals surface area (Å²) in [7, 11) is 0. The van der Waals surface area contributed by atoms with Gasteiger partial charge >= 0.3 is 0 Å². The first kappa shape index (κ1) is 14.4. The van der Waals surface area contributed by atoms with Crippen molar-refractivity contribution in [3.63, 3.8) is 0 Å². The molecule has 0 amide bonds. The van der Waals surface area contributed by atoms with Crippen LogP contribution < -0.4 is 5.32 Å². The summed E-state index contributed by atoms with van der Waals surface area (Å²) in [5, 5.41) is 14.0.